The molecule has 1 aromatic heterocycles. The predicted molar refractivity (Wildman–Crippen MR) is 34.1 cm³/mol. The number of nitrogens with one attached hydrogen (secondary N) is 1. The van der Waals surface area contributed by atoms with Gasteiger partial charge < -0.3 is 15.8 Å². The number of hydrogen-bond acceptors (Lipinski definition) is 3. The number of H-pyrrole nitrogens is 1. The van der Waals surface area contributed by atoms with Gasteiger partial charge in [0.05, 0.1) is 6.20 Å². The summed E-state index contributed by atoms with van der Waals surface area (Å²) in [6, 6.07) is 0. The van der Waals surface area contributed by atoms with Crippen molar-refractivity contribution in [3.8, 4) is 0 Å². The molecule has 58 valence electrons. The van der Waals surface area contributed by atoms with Crippen LogP contribution in [0.2, 0.25) is 0 Å². The van der Waals surface area contributed by atoms with E-state index >= 15 is 0 Å². The molecule has 0 unspecified atom stereocenters. The number of aromatic amines is 1. The number of amides is 1. The lowest BCUT2D eigenvalue weighted by atomic mass is 10.5. The molecule has 4 N–H and O–H groups in total. The second kappa shape index (κ2) is 2.41. The van der Waals surface area contributed by atoms with Gasteiger partial charge in [0, 0.05) is 0 Å². The first-order valence-electron chi connectivity index (χ1n) is 2.69. The van der Waals surface area contributed by atoms with Gasteiger partial charge in [0.1, 0.15) is 5.69 Å². The number of carboxylic acids is 1. The summed E-state index contributed by atoms with van der Waals surface area (Å²) in [5.41, 5.74) is 4.65. The lowest BCUT2D eigenvalue weighted by Crippen LogP contribution is -2.13. The van der Waals surface area contributed by atoms with Crippen molar-refractivity contribution < 1.29 is 14.7 Å². The summed E-state index contributed by atoms with van der Waals surface area (Å²) in [5, 5.41) is 8.36. The topological polar surface area (TPSA) is 109 Å². The minimum absolute atomic E-state index is 0.151. The van der Waals surface area contributed by atoms with Gasteiger partial charge in [-0.25, -0.2) is 9.78 Å². The maximum Gasteiger partial charge on any atom is 0.353 e. The van der Waals surface area contributed by atoms with Gasteiger partial charge in [0.25, 0.3) is 5.91 Å². The van der Waals surface area contributed by atoms with Crippen LogP contribution in [0.1, 0.15) is 21.1 Å². The Kier molecular flexibility index (Phi) is 1.59. The number of aromatic carboxylic acids is 1. The Balaban J connectivity index is 2.99. The van der Waals surface area contributed by atoms with Crippen LogP contribution in [0.25, 0.3) is 0 Å². The van der Waals surface area contributed by atoms with E-state index in [0.717, 1.165) is 6.20 Å². The van der Waals surface area contributed by atoms with E-state index in [1.54, 1.807) is 0 Å². The zero-order valence-electron chi connectivity index (χ0n) is 5.37. The van der Waals surface area contributed by atoms with Crippen LogP contribution in [-0.4, -0.2) is 27.0 Å². The van der Waals surface area contributed by atoms with Gasteiger partial charge in [0.2, 0.25) is 0 Å². The lowest BCUT2D eigenvalue weighted by molar-refractivity contribution is 0.0691. The Bertz CT molecular complexity index is 275. The molecule has 0 radical (unpaired) electrons. The molecule has 1 rings (SSSR count). The monoisotopic (exact) mass is 155 g/mol. The Morgan fingerprint density at radius 3 is 2.55 bits per heavy atom. The zero-order valence-corrected chi connectivity index (χ0v) is 5.37. The van der Waals surface area contributed by atoms with Crippen molar-refractivity contribution in [3.05, 3.63) is 17.7 Å². The molecule has 0 aliphatic heterocycles. The third-order valence-corrected chi connectivity index (χ3v) is 1.04. The van der Waals surface area contributed by atoms with Gasteiger partial charge in [-0.1, -0.05) is 0 Å². The third kappa shape index (κ3) is 1.34. The van der Waals surface area contributed by atoms with Gasteiger partial charge in [-0.2, -0.15) is 0 Å². The highest BCUT2D eigenvalue weighted by Gasteiger charge is 2.09. The van der Waals surface area contributed by atoms with E-state index < -0.39 is 11.9 Å². The first-order valence-corrected chi connectivity index (χ1v) is 2.69. The van der Waals surface area contributed by atoms with Gasteiger partial charge in [-0.3, -0.25) is 4.79 Å². The Hall–Kier alpha value is -1.85. The SMILES string of the molecule is NC(=O)c1ncc(C(=O)O)[nH]1. The first kappa shape index (κ1) is 7.26. The number of carbonyl (C=O) groups is 2. The Morgan fingerprint density at radius 2 is 2.27 bits per heavy atom. The van der Waals surface area contributed by atoms with Crippen LogP contribution in [0.15, 0.2) is 6.20 Å². The fourth-order valence-corrected chi connectivity index (χ4v) is 0.555. The number of nitrogens with zero attached hydrogens (tertiary/aromatic N) is 1. The highest BCUT2D eigenvalue weighted by molar-refractivity contribution is 5.91. The van der Waals surface area contributed by atoms with Crippen molar-refractivity contribution >= 4 is 11.9 Å². The molecule has 0 aliphatic carbocycles. The summed E-state index contributed by atoms with van der Waals surface area (Å²) in [7, 11) is 0. The third-order valence-electron chi connectivity index (χ3n) is 1.04. The van der Waals surface area contributed by atoms with E-state index in [-0.39, 0.29) is 11.5 Å². The number of aromatic nitrogens is 2. The molecule has 1 amide bonds. The molecule has 1 aromatic rings. The van der Waals surface area contributed by atoms with Crippen molar-refractivity contribution in [1.29, 1.82) is 0 Å². The fourth-order valence-electron chi connectivity index (χ4n) is 0.555. The smallest absolute Gasteiger partial charge is 0.353 e. The second-order valence-corrected chi connectivity index (χ2v) is 1.81. The molecule has 11 heavy (non-hydrogen) atoms. The van der Waals surface area contributed by atoms with Crippen molar-refractivity contribution in [2.24, 2.45) is 5.73 Å². The molecule has 0 fully saturated rings. The number of carboxylic acid groups (broad SMARTS) is 1. The van der Waals surface area contributed by atoms with Gasteiger partial charge in [0.15, 0.2) is 5.82 Å². The zero-order chi connectivity index (χ0) is 8.43. The number of carbonyl (C=O) groups excluding carboxylic acids is 1. The van der Waals surface area contributed by atoms with Gasteiger partial charge in [-0.05, 0) is 0 Å². The molecular formula is C5H5N3O3. The van der Waals surface area contributed by atoms with Crippen LogP contribution in [0, 0.1) is 0 Å². The maximum absolute atomic E-state index is 10.4. The van der Waals surface area contributed by atoms with E-state index in [2.05, 4.69) is 9.97 Å². The van der Waals surface area contributed by atoms with Crippen molar-refractivity contribution in [2.45, 2.75) is 0 Å². The number of imidazole rings is 1. The molecule has 0 aromatic carbocycles. The highest BCUT2D eigenvalue weighted by atomic mass is 16.4. The quantitative estimate of drug-likeness (QED) is 0.519. The minimum atomic E-state index is -1.18. The fraction of sp³-hybridized carbons (Fsp3) is 0. The standard InChI is InChI=1S/C5H5N3O3/c6-3(9)4-7-1-2(8-4)5(10)11/h1H,(H2,6,9)(H,7,8)(H,10,11). The Labute approximate surface area is 61.0 Å². The van der Waals surface area contributed by atoms with Crippen LogP contribution in [0.5, 0.6) is 0 Å². The number of hydrogen-bond donors (Lipinski definition) is 3. The van der Waals surface area contributed by atoms with E-state index in [4.69, 9.17) is 10.8 Å². The molecule has 0 aliphatic rings. The van der Waals surface area contributed by atoms with E-state index in [1.807, 2.05) is 0 Å². The molecule has 0 atom stereocenters. The van der Waals surface area contributed by atoms with E-state index in [1.165, 1.54) is 0 Å². The Morgan fingerprint density at radius 1 is 1.64 bits per heavy atom. The summed E-state index contributed by atoms with van der Waals surface area (Å²) in [4.78, 5) is 26.2. The molecule has 1 heterocycles. The average Bonchev–Trinajstić information content (AvgIpc) is 2.33. The first-order chi connectivity index (χ1) is 5.11. The van der Waals surface area contributed by atoms with E-state index in [9.17, 15) is 9.59 Å². The van der Waals surface area contributed by atoms with Gasteiger partial charge >= 0.3 is 5.97 Å². The van der Waals surface area contributed by atoms with Crippen molar-refractivity contribution in [3.63, 3.8) is 0 Å². The predicted octanol–water partition coefficient (Wildman–Crippen LogP) is -0.793. The molecule has 0 bridgehead atoms. The number of rotatable bonds is 2. The van der Waals surface area contributed by atoms with E-state index in [0.29, 0.717) is 0 Å². The summed E-state index contributed by atoms with van der Waals surface area (Å²) in [5.74, 6) is -2.11. The molecule has 0 saturated carbocycles. The number of nitrogens with two attached hydrogens (primary N) is 1. The summed E-state index contributed by atoms with van der Waals surface area (Å²) >= 11 is 0. The van der Waals surface area contributed by atoms with Crippen LogP contribution >= 0.6 is 0 Å². The summed E-state index contributed by atoms with van der Waals surface area (Å²) in [6.45, 7) is 0. The van der Waals surface area contributed by atoms with Crippen molar-refractivity contribution in [2.75, 3.05) is 0 Å². The minimum Gasteiger partial charge on any atom is -0.477 e. The summed E-state index contributed by atoms with van der Waals surface area (Å²) in [6.07, 6.45) is 1.03. The second-order valence-electron chi connectivity index (χ2n) is 1.81. The molecule has 6 nitrogen and oxygen atoms in total. The van der Waals surface area contributed by atoms with Crippen LogP contribution in [0.3, 0.4) is 0 Å². The van der Waals surface area contributed by atoms with Crippen LogP contribution < -0.4 is 5.73 Å². The van der Waals surface area contributed by atoms with Crippen molar-refractivity contribution in [1.82, 2.24) is 9.97 Å². The molecule has 0 saturated heterocycles. The largest absolute Gasteiger partial charge is 0.477 e. The maximum atomic E-state index is 10.4. The molecule has 0 spiro atoms. The average molecular weight is 155 g/mol. The van der Waals surface area contributed by atoms with Crippen LogP contribution in [0.4, 0.5) is 0 Å². The molecule has 6 heteroatoms. The lowest BCUT2D eigenvalue weighted by Gasteiger charge is -1.84. The highest BCUT2D eigenvalue weighted by Crippen LogP contribution is 1.94. The molecular weight excluding hydrogens is 150 g/mol. The van der Waals surface area contributed by atoms with Gasteiger partial charge in [-0.15, -0.1) is 0 Å². The summed E-state index contributed by atoms with van der Waals surface area (Å²) < 4.78 is 0. The normalized spacial score (nSPS) is 9.45. The number of primary amides is 1. The van der Waals surface area contributed by atoms with Crippen LogP contribution in [-0.2, 0) is 0 Å².